The van der Waals surface area contributed by atoms with Crippen LogP contribution in [0.25, 0.3) is 0 Å². The molecule has 1 rings (SSSR count). The van der Waals surface area contributed by atoms with Crippen LogP contribution < -0.4 is 0 Å². The molecule has 0 aliphatic carbocycles. The van der Waals surface area contributed by atoms with Crippen molar-refractivity contribution in [2.24, 2.45) is 0 Å². The Kier molecular flexibility index (Phi) is 3.42. The second-order valence-electron chi connectivity index (χ2n) is 3.09. The lowest BCUT2D eigenvalue weighted by Crippen LogP contribution is -2.50. The monoisotopic (exact) mass is 192 g/mol. The highest BCUT2D eigenvalue weighted by molar-refractivity contribution is 7.80. The molecule has 1 fully saturated rings. The third-order valence-corrected chi connectivity index (χ3v) is 2.67. The fraction of sp³-hybridized carbons (Fsp3) is 1.00. The fourth-order valence-electron chi connectivity index (χ4n) is 1.29. The van der Waals surface area contributed by atoms with Crippen molar-refractivity contribution < 1.29 is 20.1 Å². The molecule has 0 saturated carbocycles. The van der Waals surface area contributed by atoms with Crippen molar-refractivity contribution in [1.29, 1.82) is 0 Å². The second kappa shape index (κ2) is 3.98. The zero-order valence-corrected chi connectivity index (χ0v) is 7.69. The molecule has 12 heavy (non-hydrogen) atoms. The number of thiol groups is 1. The Labute approximate surface area is 77.4 Å². The van der Waals surface area contributed by atoms with Gasteiger partial charge >= 0.3 is 0 Å². The van der Waals surface area contributed by atoms with E-state index in [1.807, 2.05) is 0 Å². The number of ether oxygens (including phenoxy) is 1. The highest BCUT2D eigenvalue weighted by atomic mass is 32.1. The molecule has 3 N–H and O–H groups in total. The van der Waals surface area contributed by atoms with Crippen molar-refractivity contribution in [3.05, 3.63) is 0 Å². The van der Waals surface area contributed by atoms with Gasteiger partial charge in [-0.25, -0.2) is 0 Å². The minimum absolute atomic E-state index is 0.255. The highest BCUT2D eigenvalue weighted by Crippen LogP contribution is 2.29. The molecular formula is C6H13BO4S. The molecule has 1 aliphatic rings. The quantitative estimate of drug-likeness (QED) is 0.280. The molecule has 0 aromatic carbocycles. The van der Waals surface area contributed by atoms with Crippen LogP contribution in [-0.2, 0) is 4.74 Å². The molecule has 6 heteroatoms. The molecular weight excluding hydrogens is 179 g/mol. The van der Waals surface area contributed by atoms with Gasteiger partial charge < -0.3 is 20.1 Å². The highest BCUT2D eigenvalue weighted by Gasteiger charge is 2.39. The predicted molar refractivity (Wildman–Crippen MR) is 49.0 cm³/mol. The average Bonchev–Trinajstić information content (AvgIpc) is 2.08. The lowest BCUT2D eigenvalue weighted by Gasteiger charge is -2.39. The first-order chi connectivity index (χ1) is 5.57. The molecule has 1 heterocycles. The Morgan fingerprint density at radius 2 is 1.92 bits per heavy atom. The van der Waals surface area contributed by atoms with Crippen molar-refractivity contribution in [2.75, 3.05) is 6.61 Å². The molecule has 1 saturated heterocycles. The summed E-state index contributed by atoms with van der Waals surface area (Å²) in [5, 5.41) is 27.6. The molecule has 5 unspecified atom stereocenters. The molecule has 0 amide bonds. The molecule has 1 aliphatic heterocycles. The normalized spacial score (nSPS) is 49.2. The smallest absolute Gasteiger partial charge is 0.126 e. The Morgan fingerprint density at radius 3 is 2.42 bits per heavy atom. The fourth-order valence-corrected chi connectivity index (χ4v) is 1.72. The number of hydrogen-bond donors (Lipinski definition) is 4. The number of aliphatic hydroxyl groups excluding tert-OH is 3. The SMILES string of the molecule is BC1C(O)C(S)OC(CO)C1O. The Hall–Kier alpha value is 0.255. The number of hydrogen-bond acceptors (Lipinski definition) is 5. The van der Waals surface area contributed by atoms with E-state index < -0.39 is 23.7 Å². The molecule has 0 radical (unpaired) electrons. The van der Waals surface area contributed by atoms with Gasteiger partial charge in [0.2, 0.25) is 0 Å². The van der Waals surface area contributed by atoms with Gasteiger partial charge in [0.25, 0.3) is 0 Å². The van der Waals surface area contributed by atoms with Crippen molar-refractivity contribution in [1.82, 2.24) is 0 Å². The summed E-state index contributed by atoms with van der Waals surface area (Å²) in [6, 6.07) is 0. The molecule has 0 bridgehead atoms. The van der Waals surface area contributed by atoms with Crippen LogP contribution in [-0.4, -0.2) is 53.5 Å². The van der Waals surface area contributed by atoms with Crippen LogP contribution in [0.1, 0.15) is 0 Å². The maximum Gasteiger partial charge on any atom is 0.126 e. The minimum atomic E-state index is -0.826. The third-order valence-electron chi connectivity index (χ3n) is 2.24. The summed E-state index contributed by atoms with van der Waals surface area (Å²) in [5.74, 6) is -0.321. The van der Waals surface area contributed by atoms with E-state index in [0.29, 0.717) is 0 Å². The number of aliphatic hydroxyl groups is 3. The summed E-state index contributed by atoms with van der Waals surface area (Å²) in [5.41, 5.74) is -0.624. The zero-order valence-electron chi connectivity index (χ0n) is 6.79. The first kappa shape index (κ1) is 10.3. The second-order valence-corrected chi connectivity index (χ2v) is 3.60. The summed E-state index contributed by atoms with van der Waals surface area (Å²) < 4.78 is 5.04. The van der Waals surface area contributed by atoms with Gasteiger partial charge in [-0.2, -0.15) is 0 Å². The average molecular weight is 192 g/mol. The Morgan fingerprint density at radius 1 is 1.33 bits per heavy atom. The van der Waals surface area contributed by atoms with Crippen molar-refractivity contribution in [3.63, 3.8) is 0 Å². The van der Waals surface area contributed by atoms with Crippen LogP contribution in [0.15, 0.2) is 0 Å². The summed E-state index contributed by atoms with van der Waals surface area (Å²) in [6.07, 6.45) is -2.24. The van der Waals surface area contributed by atoms with E-state index in [9.17, 15) is 10.2 Å². The van der Waals surface area contributed by atoms with Gasteiger partial charge in [0.1, 0.15) is 19.4 Å². The standard InChI is InChI=1S/C6H13BO4S/c7-3-4(9)2(1-8)11-6(12)5(3)10/h2-6,8-10,12H,1,7H2. The topological polar surface area (TPSA) is 69.9 Å². The van der Waals surface area contributed by atoms with Crippen LogP contribution in [0.4, 0.5) is 0 Å². The van der Waals surface area contributed by atoms with Crippen LogP contribution in [0.2, 0.25) is 5.82 Å². The van der Waals surface area contributed by atoms with Crippen molar-refractivity contribution >= 4 is 20.5 Å². The van der Waals surface area contributed by atoms with Gasteiger partial charge in [0.15, 0.2) is 0 Å². The first-order valence-electron chi connectivity index (χ1n) is 3.88. The summed E-state index contributed by atoms with van der Waals surface area (Å²) >= 11 is 3.97. The molecule has 70 valence electrons. The predicted octanol–water partition coefficient (Wildman–Crippen LogP) is -2.22. The largest absolute Gasteiger partial charge is 0.394 e. The zero-order chi connectivity index (χ0) is 9.30. The van der Waals surface area contributed by atoms with Gasteiger partial charge in [0.05, 0.1) is 18.8 Å². The van der Waals surface area contributed by atoms with Gasteiger partial charge in [-0.3, -0.25) is 0 Å². The van der Waals surface area contributed by atoms with E-state index in [1.165, 1.54) is 0 Å². The molecule has 0 aromatic heterocycles. The summed E-state index contributed by atoms with van der Waals surface area (Å²) in [7, 11) is 1.70. The number of rotatable bonds is 1. The van der Waals surface area contributed by atoms with Crippen LogP contribution in [0.5, 0.6) is 0 Å². The van der Waals surface area contributed by atoms with Crippen molar-refractivity contribution in [2.45, 2.75) is 29.6 Å². The minimum Gasteiger partial charge on any atom is -0.394 e. The molecule has 0 spiro atoms. The lowest BCUT2D eigenvalue weighted by atomic mass is 9.75. The van der Waals surface area contributed by atoms with Gasteiger partial charge in [0, 0.05) is 0 Å². The van der Waals surface area contributed by atoms with Crippen molar-refractivity contribution in [3.8, 4) is 0 Å². The Bertz CT molecular complexity index is 154. The van der Waals surface area contributed by atoms with E-state index in [4.69, 9.17) is 9.84 Å². The maximum atomic E-state index is 9.45. The van der Waals surface area contributed by atoms with Crippen LogP contribution in [0, 0.1) is 0 Å². The molecule has 0 aromatic rings. The summed E-state index contributed by atoms with van der Waals surface area (Å²) in [4.78, 5) is 0. The van der Waals surface area contributed by atoms with E-state index in [2.05, 4.69) is 12.6 Å². The first-order valence-corrected chi connectivity index (χ1v) is 4.40. The van der Waals surface area contributed by atoms with E-state index in [0.717, 1.165) is 0 Å². The van der Waals surface area contributed by atoms with E-state index >= 15 is 0 Å². The lowest BCUT2D eigenvalue weighted by molar-refractivity contribution is -0.148. The third kappa shape index (κ3) is 1.77. The maximum absolute atomic E-state index is 9.45. The van der Waals surface area contributed by atoms with Gasteiger partial charge in [-0.1, -0.05) is 0 Å². The van der Waals surface area contributed by atoms with Gasteiger partial charge in [-0.15, -0.1) is 12.6 Å². The van der Waals surface area contributed by atoms with Crippen LogP contribution >= 0.6 is 12.6 Å². The van der Waals surface area contributed by atoms with Gasteiger partial charge in [-0.05, 0) is 5.82 Å². The molecule has 4 nitrogen and oxygen atoms in total. The summed E-state index contributed by atoms with van der Waals surface area (Å²) in [6.45, 7) is -0.255. The van der Waals surface area contributed by atoms with Crippen LogP contribution in [0.3, 0.4) is 0 Å². The van der Waals surface area contributed by atoms with E-state index in [1.54, 1.807) is 7.85 Å². The Balaban J connectivity index is 2.63. The molecule has 5 atom stereocenters. The van der Waals surface area contributed by atoms with E-state index in [-0.39, 0.29) is 12.4 Å².